The topological polar surface area (TPSA) is 29.1 Å². The number of carbonyl (C=O) groups is 1. The van der Waals surface area contributed by atoms with Crippen LogP contribution in [0.4, 0.5) is 0 Å². The van der Waals surface area contributed by atoms with Crippen LogP contribution >= 0.6 is 0 Å². The lowest BCUT2D eigenvalue weighted by Gasteiger charge is -2.28. The Morgan fingerprint density at radius 1 is 1.38 bits per heavy atom. The van der Waals surface area contributed by atoms with Crippen molar-refractivity contribution in [2.45, 2.75) is 59.8 Å². The molecule has 0 spiro atoms. The number of carbonyl (C=O) groups excluding carboxylic acids is 1. The first-order valence-corrected chi connectivity index (χ1v) is 6.64. The molecule has 0 bridgehead atoms. The molecule has 2 nitrogen and oxygen atoms in total. The lowest BCUT2D eigenvalue weighted by molar-refractivity contribution is -0.128. The SMILES string of the molecule is CCCC1(C(=O)CCC(C)(C)C)CCNC1. The second-order valence-corrected chi connectivity index (χ2v) is 6.44. The van der Waals surface area contributed by atoms with E-state index < -0.39 is 0 Å². The van der Waals surface area contributed by atoms with Crippen LogP contribution in [0.25, 0.3) is 0 Å². The van der Waals surface area contributed by atoms with Crippen molar-refractivity contribution in [3.8, 4) is 0 Å². The van der Waals surface area contributed by atoms with Gasteiger partial charge < -0.3 is 5.32 Å². The van der Waals surface area contributed by atoms with Crippen molar-refractivity contribution in [3.05, 3.63) is 0 Å². The van der Waals surface area contributed by atoms with Crippen molar-refractivity contribution >= 4 is 5.78 Å². The Kier molecular flexibility index (Phi) is 4.54. The smallest absolute Gasteiger partial charge is 0.140 e. The van der Waals surface area contributed by atoms with Gasteiger partial charge in [0.2, 0.25) is 0 Å². The summed E-state index contributed by atoms with van der Waals surface area (Å²) in [4.78, 5) is 12.4. The van der Waals surface area contributed by atoms with Gasteiger partial charge in [0.15, 0.2) is 0 Å². The Morgan fingerprint density at radius 3 is 2.50 bits per heavy atom. The highest BCUT2D eigenvalue weighted by molar-refractivity contribution is 5.85. The summed E-state index contributed by atoms with van der Waals surface area (Å²) in [7, 11) is 0. The molecule has 1 unspecified atom stereocenters. The van der Waals surface area contributed by atoms with Crippen LogP contribution in [0.5, 0.6) is 0 Å². The monoisotopic (exact) mass is 225 g/mol. The average molecular weight is 225 g/mol. The third kappa shape index (κ3) is 3.58. The Morgan fingerprint density at radius 2 is 2.06 bits per heavy atom. The lowest BCUT2D eigenvalue weighted by atomic mass is 9.75. The fraction of sp³-hybridized carbons (Fsp3) is 0.929. The van der Waals surface area contributed by atoms with E-state index in [-0.39, 0.29) is 10.8 Å². The molecule has 1 aliphatic heterocycles. The quantitative estimate of drug-likeness (QED) is 0.778. The van der Waals surface area contributed by atoms with Gasteiger partial charge in [-0.25, -0.2) is 0 Å². The van der Waals surface area contributed by atoms with Gasteiger partial charge >= 0.3 is 0 Å². The summed E-state index contributed by atoms with van der Waals surface area (Å²) in [6.07, 6.45) is 4.98. The maximum absolute atomic E-state index is 12.4. The predicted molar refractivity (Wildman–Crippen MR) is 68.5 cm³/mol. The van der Waals surface area contributed by atoms with Crippen LogP contribution in [0.2, 0.25) is 0 Å². The second kappa shape index (κ2) is 5.31. The van der Waals surface area contributed by atoms with Gasteiger partial charge in [0.25, 0.3) is 0 Å². The average Bonchev–Trinajstić information content (AvgIpc) is 2.63. The molecule has 0 aromatic heterocycles. The summed E-state index contributed by atoms with van der Waals surface area (Å²) in [6.45, 7) is 10.7. The van der Waals surface area contributed by atoms with Gasteiger partial charge in [0, 0.05) is 18.4 Å². The molecule has 1 saturated heterocycles. The fourth-order valence-corrected chi connectivity index (χ4v) is 2.57. The second-order valence-electron chi connectivity index (χ2n) is 6.44. The zero-order valence-corrected chi connectivity index (χ0v) is 11.4. The molecule has 1 rings (SSSR count). The molecule has 94 valence electrons. The summed E-state index contributed by atoms with van der Waals surface area (Å²) in [6, 6.07) is 0. The van der Waals surface area contributed by atoms with Gasteiger partial charge in [-0.3, -0.25) is 4.79 Å². The molecule has 0 aromatic carbocycles. The Balaban J connectivity index is 2.55. The van der Waals surface area contributed by atoms with Crippen molar-refractivity contribution in [1.29, 1.82) is 0 Å². The molecule has 0 amide bonds. The lowest BCUT2D eigenvalue weighted by Crippen LogP contribution is -2.34. The first-order chi connectivity index (χ1) is 7.40. The molecule has 0 aliphatic carbocycles. The molecule has 1 atom stereocenters. The molecular formula is C14H27NO. The standard InChI is InChI=1S/C14H27NO/c1-5-7-14(9-10-15-11-14)12(16)6-8-13(2,3)4/h15H,5-11H2,1-4H3. The van der Waals surface area contributed by atoms with E-state index in [9.17, 15) is 4.79 Å². The minimum Gasteiger partial charge on any atom is -0.316 e. The molecule has 2 heteroatoms. The number of rotatable bonds is 5. The summed E-state index contributed by atoms with van der Waals surface area (Å²) >= 11 is 0. The number of nitrogens with one attached hydrogen (secondary N) is 1. The molecule has 1 heterocycles. The van der Waals surface area contributed by atoms with Crippen molar-refractivity contribution in [2.75, 3.05) is 13.1 Å². The van der Waals surface area contributed by atoms with Crippen molar-refractivity contribution in [2.24, 2.45) is 10.8 Å². The van der Waals surface area contributed by atoms with E-state index in [0.717, 1.165) is 45.2 Å². The van der Waals surface area contributed by atoms with Crippen LogP contribution in [0.1, 0.15) is 59.8 Å². The van der Waals surface area contributed by atoms with Crippen LogP contribution in [0, 0.1) is 10.8 Å². The van der Waals surface area contributed by atoms with Crippen molar-refractivity contribution in [1.82, 2.24) is 5.32 Å². The summed E-state index contributed by atoms with van der Waals surface area (Å²) < 4.78 is 0. The van der Waals surface area contributed by atoms with Crippen molar-refractivity contribution < 1.29 is 4.79 Å². The highest BCUT2D eigenvalue weighted by atomic mass is 16.1. The Bertz CT molecular complexity index is 234. The van der Waals surface area contributed by atoms with E-state index >= 15 is 0 Å². The predicted octanol–water partition coefficient (Wildman–Crippen LogP) is 3.16. The van der Waals surface area contributed by atoms with E-state index in [2.05, 4.69) is 33.0 Å². The zero-order valence-electron chi connectivity index (χ0n) is 11.4. The third-order valence-corrected chi connectivity index (χ3v) is 3.67. The summed E-state index contributed by atoms with van der Waals surface area (Å²) in [5.74, 6) is 0.495. The van der Waals surface area contributed by atoms with Crippen LogP contribution in [0.3, 0.4) is 0 Å². The van der Waals surface area contributed by atoms with Gasteiger partial charge in [0.05, 0.1) is 0 Å². The van der Waals surface area contributed by atoms with E-state index in [1.165, 1.54) is 0 Å². The minimum atomic E-state index is -0.0278. The van der Waals surface area contributed by atoms with Crippen LogP contribution in [-0.4, -0.2) is 18.9 Å². The van der Waals surface area contributed by atoms with E-state index in [1.807, 2.05) is 0 Å². The molecule has 16 heavy (non-hydrogen) atoms. The third-order valence-electron chi connectivity index (χ3n) is 3.67. The summed E-state index contributed by atoms with van der Waals surface area (Å²) in [5, 5.41) is 3.36. The number of hydrogen-bond acceptors (Lipinski definition) is 2. The molecule has 1 N–H and O–H groups in total. The fourth-order valence-electron chi connectivity index (χ4n) is 2.57. The first-order valence-electron chi connectivity index (χ1n) is 6.64. The van der Waals surface area contributed by atoms with Crippen LogP contribution < -0.4 is 5.32 Å². The van der Waals surface area contributed by atoms with Crippen LogP contribution in [0.15, 0.2) is 0 Å². The maximum Gasteiger partial charge on any atom is 0.140 e. The minimum absolute atomic E-state index is 0.0278. The van der Waals surface area contributed by atoms with Gasteiger partial charge in [-0.1, -0.05) is 34.1 Å². The van der Waals surface area contributed by atoms with Gasteiger partial charge in [0.1, 0.15) is 5.78 Å². The molecule has 0 radical (unpaired) electrons. The Labute approximate surface area is 100 Å². The van der Waals surface area contributed by atoms with Crippen LogP contribution in [-0.2, 0) is 4.79 Å². The highest BCUT2D eigenvalue weighted by Crippen LogP contribution is 2.35. The molecular weight excluding hydrogens is 198 g/mol. The highest BCUT2D eigenvalue weighted by Gasteiger charge is 2.39. The van der Waals surface area contributed by atoms with Gasteiger partial charge in [-0.2, -0.15) is 0 Å². The normalized spacial score (nSPS) is 26.0. The number of hydrogen-bond donors (Lipinski definition) is 1. The summed E-state index contributed by atoms with van der Waals surface area (Å²) in [5.41, 5.74) is 0.245. The first kappa shape index (κ1) is 13.7. The van der Waals surface area contributed by atoms with Crippen molar-refractivity contribution in [3.63, 3.8) is 0 Å². The molecule has 1 aliphatic rings. The number of ketones is 1. The molecule has 0 saturated carbocycles. The largest absolute Gasteiger partial charge is 0.316 e. The van der Waals surface area contributed by atoms with Gasteiger partial charge in [-0.05, 0) is 31.2 Å². The van der Waals surface area contributed by atoms with E-state index in [0.29, 0.717) is 5.78 Å². The van der Waals surface area contributed by atoms with E-state index in [1.54, 1.807) is 0 Å². The maximum atomic E-state index is 12.4. The Hall–Kier alpha value is -0.370. The van der Waals surface area contributed by atoms with Gasteiger partial charge in [-0.15, -0.1) is 0 Å². The molecule has 0 aromatic rings. The number of Topliss-reactive ketones (excluding diaryl/α,β-unsaturated/α-hetero) is 1. The molecule has 1 fully saturated rings. The van der Waals surface area contributed by atoms with E-state index in [4.69, 9.17) is 0 Å². The zero-order chi connectivity index (χ0) is 12.2.